The maximum atomic E-state index is 13.1. The molecule has 0 bridgehead atoms. The van der Waals surface area contributed by atoms with Gasteiger partial charge in [-0.1, -0.05) is 85.6 Å². The average molecular weight is 872 g/mol. The highest BCUT2D eigenvalue weighted by molar-refractivity contribution is 6.32. The zero-order valence-electron chi connectivity index (χ0n) is 34.7. The summed E-state index contributed by atoms with van der Waals surface area (Å²) >= 11 is 12.3. The van der Waals surface area contributed by atoms with Gasteiger partial charge in [0.15, 0.2) is 17.9 Å². The van der Waals surface area contributed by atoms with Crippen molar-refractivity contribution < 1.29 is 29.0 Å². The van der Waals surface area contributed by atoms with Crippen LogP contribution in [0.25, 0.3) is 0 Å². The number of carbonyl (C=O) groups excluding carboxylic acids is 3. The molecule has 4 aromatic carbocycles. The quantitative estimate of drug-likeness (QED) is 0.0837. The van der Waals surface area contributed by atoms with Crippen LogP contribution in [0.2, 0.25) is 10.0 Å². The molecule has 8 rings (SSSR count). The molecule has 0 unspecified atom stereocenters. The first-order chi connectivity index (χ1) is 30.2. The van der Waals surface area contributed by atoms with Crippen LogP contribution >= 0.6 is 23.2 Å². The topological polar surface area (TPSA) is 122 Å². The smallest absolute Gasteiger partial charge is 0.232 e. The largest absolute Gasteiger partial charge is 0.471 e. The zero-order chi connectivity index (χ0) is 43.6. The van der Waals surface area contributed by atoms with Gasteiger partial charge in [-0.3, -0.25) is 14.4 Å². The Morgan fingerprint density at radius 2 is 1.15 bits per heavy atom. The Bertz CT molecular complexity index is 2550. The highest BCUT2D eigenvalue weighted by atomic mass is 35.5. The lowest BCUT2D eigenvalue weighted by Gasteiger charge is -2.22. The summed E-state index contributed by atoms with van der Waals surface area (Å²) in [5, 5.41) is 11.0. The number of aromatic nitrogens is 2. The van der Waals surface area contributed by atoms with Crippen LogP contribution in [0.3, 0.4) is 0 Å². The molecule has 12 heteroatoms. The van der Waals surface area contributed by atoms with Crippen LogP contribution in [0, 0.1) is 0 Å². The molecule has 0 saturated carbocycles. The van der Waals surface area contributed by atoms with Crippen molar-refractivity contribution in [2.45, 2.75) is 58.3 Å². The van der Waals surface area contributed by atoms with E-state index >= 15 is 0 Å². The van der Waals surface area contributed by atoms with Crippen molar-refractivity contribution in [1.29, 1.82) is 0 Å². The van der Waals surface area contributed by atoms with Crippen LogP contribution in [-0.2, 0) is 19.4 Å². The van der Waals surface area contributed by atoms with E-state index in [0.717, 1.165) is 73.1 Å². The Labute approximate surface area is 372 Å². The molecule has 0 amide bonds. The van der Waals surface area contributed by atoms with Gasteiger partial charge in [-0.2, -0.15) is 0 Å². The van der Waals surface area contributed by atoms with Gasteiger partial charge in [-0.05, 0) is 84.6 Å². The van der Waals surface area contributed by atoms with Gasteiger partial charge in [0.2, 0.25) is 11.8 Å². The summed E-state index contributed by atoms with van der Waals surface area (Å²) in [5.41, 5.74) is 7.45. The van der Waals surface area contributed by atoms with Gasteiger partial charge in [0.05, 0.1) is 19.7 Å². The third-order valence-electron chi connectivity index (χ3n) is 11.2. The number of hydrogen-bond donors (Lipinski definition) is 1. The van der Waals surface area contributed by atoms with E-state index < -0.39 is 0 Å². The highest BCUT2D eigenvalue weighted by Gasteiger charge is 2.29. The Hall–Kier alpha value is -6.07. The van der Waals surface area contributed by atoms with Crippen LogP contribution in [0.1, 0.15) is 85.6 Å². The molecule has 2 aliphatic rings. The van der Waals surface area contributed by atoms with Crippen molar-refractivity contribution in [3.05, 3.63) is 176 Å². The van der Waals surface area contributed by atoms with Crippen LogP contribution < -0.4 is 19.3 Å². The van der Waals surface area contributed by atoms with Gasteiger partial charge in [0.25, 0.3) is 0 Å². The molecule has 0 aliphatic carbocycles. The first kappa shape index (κ1) is 44.0. The zero-order valence-corrected chi connectivity index (χ0v) is 36.2. The summed E-state index contributed by atoms with van der Waals surface area (Å²) in [7, 11) is 0. The van der Waals surface area contributed by atoms with Crippen LogP contribution in [0.15, 0.2) is 122 Å². The van der Waals surface area contributed by atoms with Crippen molar-refractivity contribution in [1.82, 2.24) is 9.97 Å². The molecule has 2 saturated heterocycles. The molecule has 6 aromatic rings. The van der Waals surface area contributed by atoms with E-state index in [1.165, 1.54) is 0 Å². The van der Waals surface area contributed by atoms with Gasteiger partial charge < -0.3 is 24.4 Å². The molecule has 2 aromatic heterocycles. The summed E-state index contributed by atoms with van der Waals surface area (Å²) in [5.74, 6) is 0.766. The molecule has 1 N–H and O–H groups in total. The number of aryl methyl sites for hydroxylation is 2. The molecule has 2 fully saturated rings. The maximum absolute atomic E-state index is 13.1. The van der Waals surface area contributed by atoms with Crippen LogP contribution in [0.4, 0.5) is 11.4 Å². The average Bonchev–Trinajstić information content (AvgIpc) is 3.99. The van der Waals surface area contributed by atoms with E-state index in [4.69, 9.17) is 32.7 Å². The van der Waals surface area contributed by atoms with Gasteiger partial charge in [-0.25, -0.2) is 9.97 Å². The third-order valence-corrected chi connectivity index (χ3v) is 11.8. The number of aldehydes is 1. The first-order valence-electron chi connectivity index (χ1n) is 20.8. The Balaban J connectivity index is 0.000000186. The van der Waals surface area contributed by atoms with E-state index in [1.807, 2.05) is 80.6 Å². The Kier molecular flexibility index (Phi) is 14.7. The summed E-state index contributed by atoms with van der Waals surface area (Å²) in [6.07, 6.45) is 7.16. The number of halogens is 2. The number of ketones is 2. The first-order valence-corrected chi connectivity index (χ1v) is 21.6. The number of rotatable bonds is 14. The molecule has 0 spiro atoms. The lowest BCUT2D eigenvalue weighted by Crippen LogP contribution is -2.25. The highest BCUT2D eigenvalue weighted by Crippen LogP contribution is 2.32. The number of ether oxygens (including phenoxy) is 2. The normalized spacial score (nSPS) is 15.8. The molecule has 2 atom stereocenters. The lowest BCUT2D eigenvalue weighted by molar-refractivity contribution is 0.103. The SMILES string of the molecule is CCc1ccccc1C(=O)c1ccc(N2CC[C@H](Oc3ncccc3Cl)C2)c(C=O)c1.CCc1ccccc1C(=O)c1ccc(N2CC[C@H](Oc3ncccc3Cl)C2)c(CO)c1. The minimum atomic E-state index is -0.139. The second-order valence-corrected chi connectivity index (χ2v) is 15.9. The monoisotopic (exact) mass is 870 g/mol. The number of hydrogen-bond acceptors (Lipinski definition) is 10. The number of aliphatic hydroxyl groups excluding tert-OH is 1. The predicted molar refractivity (Wildman–Crippen MR) is 244 cm³/mol. The second kappa shape index (κ2) is 20.7. The van der Waals surface area contributed by atoms with Crippen molar-refractivity contribution in [3.63, 3.8) is 0 Å². The van der Waals surface area contributed by atoms with Crippen LogP contribution in [-0.4, -0.2) is 71.3 Å². The van der Waals surface area contributed by atoms with E-state index in [1.54, 1.807) is 54.9 Å². The van der Waals surface area contributed by atoms with Gasteiger partial charge >= 0.3 is 0 Å². The fourth-order valence-corrected chi connectivity index (χ4v) is 8.30. The fourth-order valence-electron chi connectivity index (χ4n) is 7.97. The van der Waals surface area contributed by atoms with E-state index in [0.29, 0.717) is 62.7 Å². The van der Waals surface area contributed by atoms with E-state index in [-0.39, 0.29) is 30.4 Å². The summed E-state index contributed by atoms with van der Waals surface area (Å²) < 4.78 is 11.9. The fraction of sp³-hybridized carbons (Fsp3) is 0.260. The third kappa shape index (κ3) is 10.2. The molecular formula is C50H48Cl2N4O6. The van der Waals surface area contributed by atoms with E-state index in [2.05, 4.69) is 19.8 Å². The Morgan fingerprint density at radius 3 is 1.63 bits per heavy atom. The lowest BCUT2D eigenvalue weighted by atomic mass is 9.95. The predicted octanol–water partition coefficient (Wildman–Crippen LogP) is 9.68. The standard InChI is InChI=1S/C25H25ClN2O3.C25H23ClN2O3/c2*1-2-17-6-3-4-7-21(17)24(30)18-9-10-23(19(14-18)16-29)28-13-11-20(15-28)31-25-22(26)8-5-12-27-25/h3-10,12,14,20,29H,2,11,13,15-16H2,1H3;3-10,12,14,16,20H,2,11,13,15H2,1H3/t2*20-/m00/s1. The number of pyridine rings is 2. The van der Waals surface area contributed by atoms with Gasteiger partial charge in [0, 0.05) is 83.1 Å². The Morgan fingerprint density at radius 1 is 0.661 bits per heavy atom. The van der Waals surface area contributed by atoms with E-state index in [9.17, 15) is 19.5 Å². The van der Waals surface area contributed by atoms with Crippen molar-refractivity contribution in [3.8, 4) is 11.8 Å². The summed E-state index contributed by atoms with van der Waals surface area (Å²) in [6.45, 7) is 6.72. The summed E-state index contributed by atoms with van der Waals surface area (Å²) in [4.78, 5) is 50.6. The minimum absolute atomic E-state index is 0.0221. The molecular weight excluding hydrogens is 823 g/mol. The summed E-state index contributed by atoms with van der Waals surface area (Å²) in [6, 6.07) is 33.2. The van der Waals surface area contributed by atoms with Crippen molar-refractivity contribution >= 4 is 52.4 Å². The number of nitrogens with zero attached hydrogens (tertiary/aromatic N) is 4. The number of carbonyl (C=O) groups is 3. The molecule has 62 heavy (non-hydrogen) atoms. The molecule has 4 heterocycles. The van der Waals surface area contributed by atoms with Crippen LogP contribution in [0.5, 0.6) is 11.8 Å². The maximum Gasteiger partial charge on any atom is 0.232 e. The number of aliphatic hydroxyl groups is 1. The molecule has 10 nitrogen and oxygen atoms in total. The van der Waals surface area contributed by atoms with Gasteiger partial charge in [-0.15, -0.1) is 0 Å². The van der Waals surface area contributed by atoms with Crippen molar-refractivity contribution in [2.75, 3.05) is 36.0 Å². The number of benzene rings is 4. The second-order valence-electron chi connectivity index (χ2n) is 15.1. The van der Waals surface area contributed by atoms with Gasteiger partial charge in [0.1, 0.15) is 22.3 Å². The minimum Gasteiger partial charge on any atom is -0.471 e. The number of anilines is 2. The molecule has 318 valence electrons. The van der Waals surface area contributed by atoms with Crippen molar-refractivity contribution in [2.24, 2.45) is 0 Å². The molecule has 2 aliphatic heterocycles. The molecule has 0 radical (unpaired) electrons.